The minimum absolute atomic E-state index is 0.0795. The van der Waals surface area contributed by atoms with Crippen LogP contribution in [0, 0.1) is 0 Å². The Labute approximate surface area is 193 Å². The number of anilines is 2. The van der Waals surface area contributed by atoms with E-state index in [1.54, 1.807) is 11.0 Å². The molecule has 1 aliphatic rings. The van der Waals surface area contributed by atoms with Gasteiger partial charge in [0.15, 0.2) is 0 Å². The summed E-state index contributed by atoms with van der Waals surface area (Å²) >= 11 is 0. The normalized spacial score (nSPS) is 13.7. The summed E-state index contributed by atoms with van der Waals surface area (Å²) in [5, 5.41) is 2.86. The molecule has 0 unspecified atom stereocenters. The molecule has 3 aromatic rings. The van der Waals surface area contributed by atoms with Gasteiger partial charge in [-0.2, -0.15) is 0 Å². The van der Waals surface area contributed by atoms with E-state index >= 15 is 0 Å². The van der Waals surface area contributed by atoms with Crippen LogP contribution in [-0.4, -0.2) is 38.6 Å². The van der Waals surface area contributed by atoms with Crippen LogP contribution in [0.4, 0.5) is 11.4 Å². The zero-order chi connectivity index (χ0) is 23.6. The SMILES string of the molecule is CN(C)S(=O)(=O)c1ccc(C(=O)Nc2ccc3c(c2)CCC(=O)N3Cc2ccccc2)cc1. The van der Waals surface area contributed by atoms with E-state index < -0.39 is 10.0 Å². The monoisotopic (exact) mass is 463 g/mol. The van der Waals surface area contributed by atoms with Crippen LogP contribution in [0.25, 0.3) is 0 Å². The Kier molecular flexibility index (Phi) is 6.31. The van der Waals surface area contributed by atoms with E-state index in [9.17, 15) is 18.0 Å². The molecule has 4 rings (SSSR count). The lowest BCUT2D eigenvalue weighted by molar-refractivity contribution is -0.119. The van der Waals surface area contributed by atoms with Gasteiger partial charge in [-0.15, -0.1) is 0 Å². The van der Waals surface area contributed by atoms with Gasteiger partial charge in [0, 0.05) is 37.5 Å². The van der Waals surface area contributed by atoms with E-state index in [1.807, 2.05) is 42.5 Å². The fraction of sp³-hybridized carbons (Fsp3) is 0.200. The molecule has 0 radical (unpaired) electrons. The van der Waals surface area contributed by atoms with Crippen LogP contribution in [0.15, 0.2) is 77.7 Å². The molecule has 7 nitrogen and oxygen atoms in total. The minimum atomic E-state index is -3.55. The van der Waals surface area contributed by atoms with Crippen molar-refractivity contribution >= 4 is 33.2 Å². The molecular weight excluding hydrogens is 438 g/mol. The van der Waals surface area contributed by atoms with Gasteiger partial charge in [-0.1, -0.05) is 30.3 Å². The molecule has 3 aromatic carbocycles. The highest BCUT2D eigenvalue weighted by Crippen LogP contribution is 2.31. The molecule has 0 saturated carbocycles. The predicted octanol–water partition coefficient (Wildman–Crippen LogP) is 3.67. The van der Waals surface area contributed by atoms with Crippen molar-refractivity contribution in [3.63, 3.8) is 0 Å². The number of nitrogens with zero attached hydrogens (tertiary/aromatic N) is 2. The number of amides is 2. The summed E-state index contributed by atoms with van der Waals surface area (Å²) in [6.45, 7) is 0.501. The molecule has 33 heavy (non-hydrogen) atoms. The number of hydrogen-bond donors (Lipinski definition) is 1. The first-order valence-electron chi connectivity index (χ1n) is 10.6. The zero-order valence-electron chi connectivity index (χ0n) is 18.5. The largest absolute Gasteiger partial charge is 0.322 e. The molecular formula is C25H25N3O4S. The highest BCUT2D eigenvalue weighted by molar-refractivity contribution is 7.89. The number of carbonyl (C=O) groups is 2. The molecule has 8 heteroatoms. The number of hydrogen-bond acceptors (Lipinski definition) is 4. The summed E-state index contributed by atoms with van der Waals surface area (Å²) in [6, 6.07) is 21.2. The summed E-state index contributed by atoms with van der Waals surface area (Å²) in [5.41, 5.74) is 3.88. The maximum Gasteiger partial charge on any atom is 0.255 e. The number of sulfonamides is 1. The predicted molar refractivity (Wildman–Crippen MR) is 128 cm³/mol. The van der Waals surface area contributed by atoms with Crippen molar-refractivity contribution in [2.75, 3.05) is 24.3 Å². The zero-order valence-corrected chi connectivity index (χ0v) is 19.3. The van der Waals surface area contributed by atoms with Gasteiger partial charge in [-0.25, -0.2) is 12.7 Å². The maximum atomic E-state index is 12.7. The number of carbonyl (C=O) groups excluding carboxylic acids is 2. The standard InChI is InChI=1S/C25H25N3O4S/c1-27(2)33(31,32)22-12-8-19(9-13-22)25(30)26-21-11-14-23-20(16-21)10-15-24(29)28(23)17-18-6-4-3-5-7-18/h3-9,11-14,16H,10,15,17H2,1-2H3,(H,26,30). The molecule has 0 saturated heterocycles. The van der Waals surface area contributed by atoms with E-state index in [-0.39, 0.29) is 16.7 Å². The van der Waals surface area contributed by atoms with Crippen LogP contribution in [0.3, 0.4) is 0 Å². The average molecular weight is 464 g/mol. The fourth-order valence-corrected chi connectivity index (χ4v) is 4.67. The average Bonchev–Trinajstić information content (AvgIpc) is 2.81. The van der Waals surface area contributed by atoms with Gasteiger partial charge in [0.25, 0.3) is 5.91 Å². The first-order chi connectivity index (χ1) is 15.8. The molecule has 0 aliphatic carbocycles. The molecule has 0 fully saturated rings. The van der Waals surface area contributed by atoms with E-state index in [4.69, 9.17) is 0 Å². The molecule has 1 aliphatic heterocycles. The Balaban J connectivity index is 1.51. The van der Waals surface area contributed by atoms with Crippen LogP contribution < -0.4 is 10.2 Å². The number of nitrogens with one attached hydrogen (secondary N) is 1. The molecule has 0 atom stereocenters. The van der Waals surface area contributed by atoms with Gasteiger partial charge in [0.05, 0.1) is 11.4 Å². The minimum Gasteiger partial charge on any atom is -0.322 e. The van der Waals surface area contributed by atoms with Crippen LogP contribution in [0.2, 0.25) is 0 Å². The van der Waals surface area contributed by atoms with Crippen molar-refractivity contribution in [1.29, 1.82) is 0 Å². The van der Waals surface area contributed by atoms with Crippen LogP contribution in [-0.2, 0) is 27.8 Å². The molecule has 1 N–H and O–H groups in total. The lowest BCUT2D eigenvalue weighted by Gasteiger charge is -2.30. The lowest BCUT2D eigenvalue weighted by atomic mass is 9.99. The Morgan fingerprint density at radius 1 is 0.970 bits per heavy atom. The van der Waals surface area contributed by atoms with Crippen molar-refractivity contribution in [1.82, 2.24) is 4.31 Å². The maximum absolute atomic E-state index is 12.7. The van der Waals surface area contributed by atoms with Gasteiger partial charge in [0.1, 0.15) is 0 Å². The topological polar surface area (TPSA) is 86.8 Å². The summed E-state index contributed by atoms with van der Waals surface area (Å²) in [5.74, 6) is -0.257. The van der Waals surface area contributed by atoms with E-state index in [2.05, 4.69) is 5.32 Å². The summed E-state index contributed by atoms with van der Waals surface area (Å²) < 4.78 is 25.5. The molecule has 0 bridgehead atoms. The summed E-state index contributed by atoms with van der Waals surface area (Å²) in [7, 11) is -0.634. The molecule has 170 valence electrons. The molecule has 0 spiro atoms. The highest BCUT2D eigenvalue weighted by atomic mass is 32.2. The second kappa shape index (κ2) is 9.17. The quantitative estimate of drug-likeness (QED) is 0.604. The number of aryl methyl sites for hydroxylation is 1. The first-order valence-corrected chi connectivity index (χ1v) is 12.0. The van der Waals surface area contributed by atoms with Gasteiger partial charge in [0.2, 0.25) is 15.9 Å². The van der Waals surface area contributed by atoms with Crippen LogP contribution in [0.1, 0.15) is 27.9 Å². The highest BCUT2D eigenvalue weighted by Gasteiger charge is 2.25. The van der Waals surface area contributed by atoms with Gasteiger partial charge < -0.3 is 10.2 Å². The van der Waals surface area contributed by atoms with Gasteiger partial charge >= 0.3 is 0 Å². The summed E-state index contributed by atoms with van der Waals surface area (Å²) in [4.78, 5) is 27.2. The fourth-order valence-electron chi connectivity index (χ4n) is 3.77. The van der Waals surface area contributed by atoms with Gasteiger partial charge in [-0.3, -0.25) is 9.59 Å². The van der Waals surface area contributed by atoms with Crippen LogP contribution >= 0.6 is 0 Å². The van der Waals surface area contributed by atoms with Crippen molar-refractivity contribution in [2.45, 2.75) is 24.3 Å². The van der Waals surface area contributed by atoms with Crippen molar-refractivity contribution in [3.05, 3.63) is 89.5 Å². The molecule has 1 heterocycles. The Bertz CT molecular complexity index is 1290. The molecule has 2 amide bonds. The third kappa shape index (κ3) is 4.81. The third-order valence-corrected chi connectivity index (χ3v) is 7.45. The van der Waals surface area contributed by atoms with Crippen molar-refractivity contribution < 1.29 is 18.0 Å². The summed E-state index contributed by atoms with van der Waals surface area (Å²) in [6.07, 6.45) is 1.03. The number of rotatable bonds is 6. The van der Waals surface area contributed by atoms with E-state index in [0.717, 1.165) is 21.1 Å². The lowest BCUT2D eigenvalue weighted by Crippen LogP contribution is -2.34. The molecule has 0 aromatic heterocycles. The van der Waals surface area contributed by atoms with E-state index in [1.165, 1.54) is 38.4 Å². The van der Waals surface area contributed by atoms with Crippen molar-refractivity contribution in [3.8, 4) is 0 Å². The Morgan fingerprint density at radius 2 is 1.67 bits per heavy atom. The smallest absolute Gasteiger partial charge is 0.255 e. The van der Waals surface area contributed by atoms with Gasteiger partial charge in [-0.05, 0) is 60.0 Å². The van der Waals surface area contributed by atoms with Crippen LogP contribution in [0.5, 0.6) is 0 Å². The van der Waals surface area contributed by atoms with E-state index in [0.29, 0.717) is 30.6 Å². The second-order valence-electron chi connectivity index (χ2n) is 8.07. The Hall–Kier alpha value is -3.49. The van der Waals surface area contributed by atoms with Crippen molar-refractivity contribution in [2.24, 2.45) is 0 Å². The first kappa shape index (κ1) is 22.7. The number of benzene rings is 3. The second-order valence-corrected chi connectivity index (χ2v) is 10.2. The third-order valence-electron chi connectivity index (χ3n) is 5.62. The Morgan fingerprint density at radius 3 is 2.33 bits per heavy atom. The number of fused-ring (bicyclic) bond motifs is 1.